The lowest BCUT2D eigenvalue weighted by atomic mass is 10.4. The van der Waals surface area contributed by atoms with Crippen LogP contribution >= 0.6 is 35.7 Å². The zero-order valence-corrected chi connectivity index (χ0v) is 16.0. The van der Waals surface area contributed by atoms with Gasteiger partial charge in [-0.2, -0.15) is 0 Å². The minimum Gasteiger partial charge on any atom is -0.357 e. The van der Waals surface area contributed by atoms with E-state index in [1.807, 2.05) is 11.8 Å². The summed E-state index contributed by atoms with van der Waals surface area (Å²) in [6.45, 7) is 7.06. The van der Waals surface area contributed by atoms with Crippen molar-refractivity contribution in [3.8, 4) is 0 Å². The van der Waals surface area contributed by atoms with Gasteiger partial charge in [-0.1, -0.05) is 25.1 Å². The van der Waals surface area contributed by atoms with E-state index in [2.05, 4.69) is 54.8 Å². The second kappa shape index (κ2) is 9.56. The molecule has 0 spiro atoms. The fourth-order valence-corrected chi connectivity index (χ4v) is 3.21. The van der Waals surface area contributed by atoms with Crippen LogP contribution in [0.1, 0.15) is 33.1 Å². The molecule has 1 fully saturated rings. The summed E-state index contributed by atoms with van der Waals surface area (Å²) in [5.41, 5.74) is 0. The lowest BCUT2D eigenvalue weighted by Gasteiger charge is -2.15. The Morgan fingerprint density at radius 2 is 1.90 bits per heavy atom. The number of rotatable bonds is 7. The van der Waals surface area contributed by atoms with Gasteiger partial charge in [0.2, 0.25) is 0 Å². The van der Waals surface area contributed by atoms with Crippen LogP contribution < -0.4 is 10.6 Å². The van der Waals surface area contributed by atoms with Crippen LogP contribution in [0.5, 0.6) is 0 Å². The van der Waals surface area contributed by atoms with Crippen LogP contribution in [-0.4, -0.2) is 30.3 Å². The lowest BCUT2D eigenvalue weighted by molar-refractivity contribution is 0.777. The Hall–Kier alpha value is -0.430. The van der Waals surface area contributed by atoms with Crippen molar-refractivity contribution in [2.45, 2.75) is 42.8 Å². The summed E-state index contributed by atoms with van der Waals surface area (Å²) < 4.78 is 0.329. The van der Waals surface area contributed by atoms with Crippen LogP contribution in [0.4, 0.5) is 0 Å². The van der Waals surface area contributed by atoms with Crippen molar-refractivity contribution in [1.29, 1.82) is 0 Å². The number of hydrogen-bond acceptors (Lipinski definition) is 2. The first kappa shape index (κ1) is 18.6. The Morgan fingerprint density at radius 3 is 2.48 bits per heavy atom. The average Bonchev–Trinajstić information content (AvgIpc) is 3.23. The van der Waals surface area contributed by atoms with Gasteiger partial charge in [0.15, 0.2) is 5.96 Å². The maximum Gasteiger partial charge on any atom is 0.191 e. The van der Waals surface area contributed by atoms with Gasteiger partial charge < -0.3 is 10.6 Å². The highest BCUT2D eigenvalue weighted by Crippen LogP contribution is 2.51. The van der Waals surface area contributed by atoms with E-state index in [1.165, 1.54) is 17.7 Å². The van der Waals surface area contributed by atoms with E-state index < -0.39 is 0 Å². The molecule has 0 aliphatic heterocycles. The predicted octanol–water partition coefficient (Wildman–Crippen LogP) is 3.89. The number of guanidine groups is 1. The van der Waals surface area contributed by atoms with E-state index in [0.717, 1.165) is 32.0 Å². The molecule has 5 heteroatoms. The Bertz CT molecular complexity index is 432. The first-order valence-corrected chi connectivity index (χ1v) is 8.36. The molecule has 0 amide bonds. The fraction of sp³-hybridized carbons (Fsp3) is 0.562. The van der Waals surface area contributed by atoms with Gasteiger partial charge in [0.1, 0.15) is 0 Å². The first-order chi connectivity index (χ1) is 9.78. The predicted molar refractivity (Wildman–Crippen MR) is 104 cm³/mol. The number of thioether (sulfide) groups is 1. The topological polar surface area (TPSA) is 36.4 Å². The van der Waals surface area contributed by atoms with E-state index in [9.17, 15) is 0 Å². The minimum atomic E-state index is 0. The van der Waals surface area contributed by atoms with E-state index in [-0.39, 0.29) is 24.0 Å². The van der Waals surface area contributed by atoms with Crippen molar-refractivity contribution in [3.63, 3.8) is 0 Å². The summed E-state index contributed by atoms with van der Waals surface area (Å²) in [5.74, 6) is 0.953. The third-order valence-electron chi connectivity index (χ3n) is 3.30. The summed E-state index contributed by atoms with van der Waals surface area (Å²) in [5, 5.41) is 6.68. The van der Waals surface area contributed by atoms with Gasteiger partial charge in [-0.15, -0.1) is 35.7 Å². The second-order valence-corrected chi connectivity index (χ2v) is 6.76. The summed E-state index contributed by atoms with van der Waals surface area (Å²) in [6.07, 6.45) is 3.65. The van der Waals surface area contributed by atoms with Gasteiger partial charge >= 0.3 is 0 Å². The molecule has 0 aromatic heterocycles. The molecule has 1 aliphatic carbocycles. The van der Waals surface area contributed by atoms with Crippen molar-refractivity contribution >= 4 is 41.7 Å². The third-order valence-corrected chi connectivity index (χ3v) is 4.78. The molecule has 2 rings (SSSR count). The van der Waals surface area contributed by atoms with Crippen LogP contribution in [0.25, 0.3) is 0 Å². The van der Waals surface area contributed by atoms with Crippen molar-refractivity contribution in [2.24, 2.45) is 4.99 Å². The molecule has 0 heterocycles. The maximum absolute atomic E-state index is 4.75. The van der Waals surface area contributed by atoms with Crippen molar-refractivity contribution in [2.75, 3.05) is 19.6 Å². The summed E-state index contributed by atoms with van der Waals surface area (Å²) in [7, 11) is 0. The van der Waals surface area contributed by atoms with Gasteiger partial charge in [-0.05, 0) is 38.3 Å². The highest BCUT2D eigenvalue weighted by Gasteiger charge is 2.43. The molecule has 0 saturated heterocycles. The normalized spacial score (nSPS) is 16.0. The summed E-state index contributed by atoms with van der Waals surface area (Å²) >= 11 is 1.98. The number of aliphatic imine (C=N–C) groups is 1. The molecule has 118 valence electrons. The van der Waals surface area contributed by atoms with Crippen molar-refractivity contribution in [3.05, 3.63) is 30.3 Å². The molecule has 0 atom stereocenters. The maximum atomic E-state index is 4.75. The lowest BCUT2D eigenvalue weighted by Crippen LogP contribution is -2.38. The van der Waals surface area contributed by atoms with Crippen LogP contribution in [0.3, 0.4) is 0 Å². The SMILES string of the molecule is CCCNC(=NCC1(Sc2ccccc2)CC1)NCC.I. The quantitative estimate of drug-likeness (QED) is 0.400. The molecule has 0 radical (unpaired) electrons. The first-order valence-electron chi connectivity index (χ1n) is 7.54. The molecule has 1 aromatic carbocycles. The van der Waals surface area contributed by atoms with Crippen LogP contribution in [0.2, 0.25) is 0 Å². The molecule has 2 N–H and O–H groups in total. The Morgan fingerprint density at radius 1 is 1.19 bits per heavy atom. The van der Waals surface area contributed by atoms with Crippen molar-refractivity contribution in [1.82, 2.24) is 10.6 Å². The molecule has 1 saturated carbocycles. The molecular weight excluding hydrogens is 393 g/mol. The van der Waals surface area contributed by atoms with E-state index >= 15 is 0 Å². The number of nitrogens with zero attached hydrogens (tertiary/aromatic N) is 1. The van der Waals surface area contributed by atoms with Gasteiger partial charge in [0.25, 0.3) is 0 Å². The summed E-state index contributed by atoms with van der Waals surface area (Å²) in [6, 6.07) is 10.7. The minimum absolute atomic E-state index is 0. The van der Waals surface area contributed by atoms with Gasteiger partial charge in [-0.3, -0.25) is 4.99 Å². The van der Waals surface area contributed by atoms with Gasteiger partial charge in [0.05, 0.1) is 6.54 Å². The Labute approximate surface area is 149 Å². The fourth-order valence-electron chi connectivity index (χ4n) is 1.98. The van der Waals surface area contributed by atoms with E-state index in [0.29, 0.717) is 4.75 Å². The molecule has 0 bridgehead atoms. The smallest absolute Gasteiger partial charge is 0.191 e. The highest BCUT2D eigenvalue weighted by atomic mass is 127. The van der Waals surface area contributed by atoms with Gasteiger partial charge in [-0.25, -0.2) is 0 Å². The number of halogens is 1. The molecular formula is C16H26IN3S. The molecule has 21 heavy (non-hydrogen) atoms. The molecule has 0 unspecified atom stereocenters. The van der Waals surface area contributed by atoms with Crippen LogP contribution in [0, 0.1) is 0 Å². The molecule has 1 aromatic rings. The second-order valence-electron chi connectivity index (χ2n) is 5.22. The standard InChI is InChI=1S/C16H25N3S.HI/c1-3-12-18-15(17-4-2)19-13-16(10-11-16)20-14-8-6-5-7-9-14;/h5-9H,3-4,10-13H2,1-2H3,(H2,17,18,19);1H. The number of nitrogens with one attached hydrogen (secondary N) is 2. The van der Waals surface area contributed by atoms with E-state index in [1.54, 1.807) is 0 Å². The number of benzene rings is 1. The van der Waals surface area contributed by atoms with Crippen molar-refractivity contribution < 1.29 is 0 Å². The third kappa shape index (κ3) is 6.46. The zero-order chi connectivity index (χ0) is 14.3. The Kier molecular flexibility index (Phi) is 8.48. The summed E-state index contributed by atoms with van der Waals surface area (Å²) in [4.78, 5) is 6.11. The monoisotopic (exact) mass is 419 g/mol. The highest BCUT2D eigenvalue weighted by molar-refractivity contribution is 14.0. The Balaban J connectivity index is 0.00000220. The number of hydrogen-bond donors (Lipinski definition) is 2. The van der Waals surface area contributed by atoms with Crippen LogP contribution in [0.15, 0.2) is 40.2 Å². The molecule has 1 aliphatic rings. The van der Waals surface area contributed by atoms with E-state index in [4.69, 9.17) is 4.99 Å². The molecule has 3 nitrogen and oxygen atoms in total. The average molecular weight is 419 g/mol. The zero-order valence-electron chi connectivity index (χ0n) is 12.9. The van der Waals surface area contributed by atoms with Crippen LogP contribution in [-0.2, 0) is 0 Å². The van der Waals surface area contributed by atoms with Gasteiger partial charge in [0, 0.05) is 22.7 Å². The largest absolute Gasteiger partial charge is 0.357 e.